The predicted octanol–water partition coefficient (Wildman–Crippen LogP) is 1.24. The molecule has 0 spiro atoms. The lowest BCUT2D eigenvalue weighted by Gasteiger charge is -2.38. The molecule has 2 rings (SSSR count). The van der Waals surface area contributed by atoms with E-state index in [-0.39, 0.29) is 17.6 Å². The van der Waals surface area contributed by atoms with Gasteiger partial charge in [-0.15, -0.1) is 0 Å². The maximum Gasteiger partial charge on any atom is 0.269 e. The van der Waals surface area contributed by atoms with Crippen molar-refractivity contribution in [3.05, 3.63) is 34.4 Å². The van der Waals surface area contributed by atoms with Crippen LogP contribution in [0.4, 0.5) is 11.4 Å². The Morgan fingerprint density at radius 2 is 1.86 bits per heavy atom. The zero-order valence-electron chi connectivity index (χ0n) is 13.0. The largest absolute Gasteiger partial charge is 0.369 e. The van der Waals surface area contributed by atoms with Gasteiger partial charge in [0.25, 0.3) is 5.69 Å². The molecular formula is C15H22N4O3. The molecule has 0 bridgehead atoms. The monoisotopic (exact) mass is 306 g/mol. The Balaban J connectivity index is 1.91. The number of nitro benzene ring substituents is 1. The number of non-ortho nitro benzene ring substituents is 1. The van der Waals surface area contributed by atoms with Gasteiger partial charge < -0.3 is 10.2 Å². The van der Waals surface area contributed by atoms with Crippen molar-refractivity contribution in [1.29, 1.82) is 0 Å². The van der Waals surface area contributed by atoms with Crippen molar-refractivity contribution >= 4 is 17.3 Å². The van der Waals surface area contributed by atoms with Crippen LogP contribution in [0, 0.1) is 10.1 Å². The molecule has 1 fully saturated rings. The van der Waals surface area contributed by atoms with Crippen LogP contribution in [0.2, 0.25) is 0 Å². The van der Waals surface area contributed by atoms with Gasteiger partial charge in [0.2, 0.25) is 5.91 Å². The van der Waals surface area contributed by atoms with Crippen LogP contribution in [0.15, 0.2) is 24.3 Å². The quantitative estimate of drug-likeness (QED) is 0.654. The van der Waals surface area contributed by atoms with Crippen LogP contribution >= 0.6 is 0 Å². The van der Waals surface area contributed by atoms with E-state index in [4.69, 9.17) is 0 Å². The predicted molar refractivity (Wildman–Crippen MR) is 85.0 cm³/mol. The molecule has 1 heterocycles. The van der Waals surface area contributed by atoms with Crippen LogP contribution in [0.3, 0.4) is 0 Å². The third kappa shape index (κ3) is 3.73. The number of nitrogens with one attached hydrogen (secondary N) is 1. The highest BCUT2D eigenvalue weighted by atomic mass is 16.6. The SMILES string of the molecule is CCNC(=O)[C@H](C)N1CCN(c2ccc([N+](=O)[O-])cc2)CC1. The fourth-order valence-corrected chi connectivity index (χ4v) is 2.64. The maximum atomic E-state index is 11.9. The van der Waals surface area contributed by atoms with E-state index in [1.54, 1.807) is 12.1 Å². The first kappa shape index (κ1) is 16.2. The summed E-state index contributed by atoms with van der Waals surface area (Å²) in [5.41, 5.74) is 1.09. The van der Waals surface area contributed by atoms with Crippen LogP contribution in [-0.2, 0) is 4.79 Å². The summed E-state index contributed by atoms with van der Waals surface area (Å²) >= 11 is 0. The van der Waals surface area contributed by atoms with Gasteiger partial charge in [-0.2, -0.15) is 0 Å². The molecule has 7 nitrogen and oxygen atoms in total. The second-order valence-corrected chi connectivity index (χ2v) is 5.37. The van der Waals surface area contributed by atoms with Gasteiger partial charge in [-0.3, -0.25) is 19.8 Å². The molecule has 1 amide bonds. The first-order valence-corrected chi connectivity index (χ1v) is 7.54. The van der Waals surface area contributed by atoms with Gasteiger partial charge >= 0.3 is 0 Å². The number of carbonyl (C=O) groups excluding carboxylic acids is 1. The number of piperazine rings is 1. The summed E-state index contributed by atoms with van der Waals surface area (Å²) in [6.45, 7) is 7.70. The second kappa shape index (κ2) is 7.22. The van der Waals surface area contributed by atoms with Gasteiger partial charge in [-0.05, 0) is 26.0 Å². The lowest BCUT2D eigenvalue weighted by molar-refractivity contribution is -0.384. The molecular weight excluding hydrogens is 284 g/mol. The summed E-state index contributed by atoms with van der Waals surface area (Å²) in [7, 11) is 0. The van der Waals surface area contributed by atoms with Gasteiger partial charge in [0, 0.05) is 50.5 Å². The van der Waals surface area contributed by atoms with Crippen molar-refractivity contribution in [2.24, 2.45) is 0 Å². The maximum absolute atomic E-state index is 11.9. The number of carbonyl (C=O) groups is 1. The Morgan fingerprint density at radius 3 is 2.36 bits per heavy atom. The topological polar surface area (TPSA) is 78.7 Å². The van der Waals surface area contributed by atoms with Gasteiger partial charge in [-0.1, -0.05) is 0 Å². The number of nitrogens with zero attached hydrogens (tertiary/aromatic N) is 3. The van der Waals surface area contributed by atoms with Crippen molar-refractivity contribution in [2.75, 3.05) is 37.6 Å². The zero-order valence-corrected chi connectivity index (χ0v) is 13.0. The van der Waals surface area contributed by atoms with Gasteiger partial charge in [0.05, 0.1) is 11.0 Å². The summed E-state index contributed by atoms with van der Waals surface area (Å²) in [5, 5.41) is 13.5. The van der Waals surface area contributed by atoms with Gasteiger partial charge in [0.1, 0.15) is 0 Å². The third-order valence-corrected chi connectivity index (χ3v) is 4.02. The number of likely N-dealkylation sites (N-methyl/N-ethyl adjacent to an activating group) is 1. The Kier molecular flexibility index (Phi) is 5.32. The highest BCUT2D eigenvalue weighted by Crippen LogP contribution is 2.21. The van der Waals surface area contributed by atoms with Crippen LogP contribution in [0.25, 0.3) is 0 Å². The molecule has 1 atom stereocenters. The van der Waals surface area contributed by atoms with Crippen molar-refractivity contribution in [3.63, 3.8) is 0 Å². The number of anilines is 1. The summed E-state index contributed by atoms with van der Waals surface area (Å²) in [5.74, 6) is 0.0614. The number of amides is 1. The van der Waals surface area contributed by atoms with E-state index in [0.717, 1.165) is 31.9 Å². The molecule has 0 aliphatic carbocycles. The van der Waals surface area contributed by atoms with E-state index < -0.39 is 4.92 Å². The van der Waals surface area contributed by atoms with E-state index in [0.29, 0.717) is 6.54 Å². The standard InChI is InChI=1S/C15H22N4O3/c1-3-16-15(20)12(2)17-8-10-18(11-9-17)13-4-6-14(7-5-13)19(21)22/h4-7,12H,3,8-11H2,1-2H3,(H,16,20)/t12-/m0/s1. The molecule has 1 aliphatic rings. The molecule has 120 valence electrons. The summed E-state index contributed by atoms with van der Waals surface area (Å²) in [4.78, 5) is 26.5. The minimum atomic E-state index is -0.393. The molecule has 0 unspecified atom stereocenters. The summed E-state index contributed by atoms with van der Waals surface area (Å²) in [6, 6.07) is 6.49. The number of rotatable bonds is 5. The average Bonchev–Trinajstić information content (AvgIpc) is 2.54. The van der Waals surface area contributed by atoms with E-state index in [9.17, 15) is 14.9 Å². The smallest absolute Gasteiger partial charge is 0.269 e. The molecule has 0 saturated carbocycles. The highest BCUT2D eigenvalue weighted by Gasteiger charge is 2.25. The van der Waals surface area contributed by atoms with Gasteiger partial charge in [-0.25, -0.2) is 0 Å². The Hall–Kier alpha value is -2.15. The molecule has 1 N–H and O–H groups in total. The van der Waals surface area contributed by atoms with Crippen LogP contribution in [-0.4, -0.2) is 54.5 Å². The Morgan fingerprint density at radius 1 is 1.27 bits per heavy atom. The number of benzene rings is 1. The van der Waals surface area contributed by atoms with Crippen molar-refractivity contribution in [2.45, 2.75) is 19.9 Å². The lowest BCUT2D eigenvalue weighted by atomic mass is 10.2. The third-order valence-electron chi connectivity index (χ3n) is 4.02. The van der Waals surface area contributed by atoms with Crippen molar-refractivity contribution < 1.29 is 9.72 Å². The average molecular weight is 306 g/mol. The minimum Gasteiger partial charge on any atom is -0.369 e. The summed E-state index contributed by atoms with van der Waals surface area (Å²) in [6.07, 6.45) is 0. The van der Waals surface area contributed by atoms with Crippen molar-refractivity contribution in [3.8, 4) is 0 Å². The van der Waals surface area contributed by atoms with E-state index in [1.807, 2.05) is 13.8 Å². The van der Waals surface area contributed by atoms with Crippen LogP contribution < -0.4 is 10.2 Å². The minimum absolute atomic E-state index is 0.0614. The molecule has 1 aromatic rings. The molecule has 7 heteroatoms. The normalized spacial score (nSPS) is 17.1. The van der Waals surface area contributed by atoms with Crippen molar-refractivity contribution in [1.82, 2.24) is 10.2 Å². The highest BCUT2D eigenvalue weighted by molar-refractivity contribution is 5.81. The molecule has 0 radical (unpaired) electrons. The van der Waals surface area contributed by atoms with Gasteiger partial charge in [0.15, 0.2) is 0 Å². The fraction of sp³-hybridized carbons (Fsp3) is 0.533. The second-order valence-electron chi connectivity index (χ2n) is 5.37. The molecule has 1 aromatic carbocycles. The number of hydrogen-bond acceptors (Lipinski definition) is 5. The molecule has 1 aliphatic heterocycles. The Labute approximate surface area is 130 Å². The lowest BCUT2D eigenvalue weighted by Crippen LogP contribution is -2.54. The first-order chi connectivity index (χ1) is 10.5. The molecule has 0 aromatic heterocycles. The fourth-order valence-electron chi connectivity index (χ4n) is 2.64. The summed E-state index contributed by atoms with van der Waals surface area (Å²) < 4.78 is 0. The van der Waals surface area contributed by atoms with E-state index in [2.05, 4.69) is 15.1 Å². The van der Waals surface area contributed by atoms with Crippen LogP contribution in [0.1, 0.15) is 13.8 Å². The molecule has 1 saturated heterocycles. The van der Waals surface area contributed by atoms with E-state index >= 15 is 0 Å². The zero-order chi connectivity index (χ0) is 16.1. The first-order valence-electron chi connectivity index (χ1n) is 7.54. The van der Waals surface area contributed by atoms with Crippen LogP contribution in [0.5, 0.6) is 0 Å². The Bertz CT molecular complexity index is 524. The number of hydrogen-bond donors (Lipinski definition) is 1. The van der Waals surface area contributed by atoms with E-state index in [1.165, 1.54) is 12.1 Å². The number of nitro groups is 1. The molecule has 22 heavy (non-hydrogen) atoms.